The Morgan fingerprint density at radius 2 is 1.97 bits per heavy atom. The lowest BCUT2D eigenvalue weighted by atomic mass is 10.2. The molecule has 0 fully saturated rings. The molecular weight excluding hydrogens is 433 g/mol. The molecule has 0 aliphatic rings. The molecule has 0 spiro atoms. The molecule has 0 bridgehead atoms. The maximum absolute atomic E-state index is 13.1. The molecule has 0 unspecified atom stereocenters. The van der Waals surface area contributed by atoms with Crippen LogP contribution in [0.5, 0.6) is 0 Å². The Hall–Kier alpha value is -3.46. The van der Waals surface area contributed by atoms with Gasteiger partial charge in [-0.3, -0.25) is 4.40 Å². The molecule has 0 atom stereocenters. The summed E-state index contributed by atoms with van der Waals surface area (Å²) in [4.78, 5) is 12.5. The van der Waals surface area contributed by atoms with Gasteiger partial charge >= 0.3 is 6.18 Å². The van der Waals surface area contributed by atoms with E-state index in [1.165, 1.54) is 29.1 Å². The molecule has 0 aliphatic carbocycles. The fourth-order valence-electron chi connectivity index (χ4n) is 3.29. The van der Waals surface area contributed by atoms with E-state index < -0.39 is 21.6 Å². The number of hydrogen-bond donors (Lipinski definition) is 0. The van der Waals surface area contributed by atoms with Crippen LogP contribution < -0.4 is 0 Å². The Kier molecular flexibility index (Phi) is 4.73. The van der Waals surface area contributed by atoms with Gasteiger partial charge in [-0.1, -0.05) is 6.92 Å². The van der Waals surface area contributed by atoms with Crippen molar-refractivity contribution >= 4 is 26.6 Å². The second-order valence-corrected chi connectivity index (χ2v) is 9.02. The van der Waals surface area contributed by atoms with E-state index >= 15 is 0 Å². The molecule has 8 nitrogen and oxygen atoms in total. The summed E-state index contributed by atoms with van der Waals surface area (Å²) in [6.45, 7) is 1.48. The van der Waals surface area contributed by atoms with Crippen LogP contribution in [0.25, 0.3) is 28.3 Å². The van der Waals surface area contributed by atoms with E-state index in [1.54, 1.807) is 12.1 Å². The van der Waals surface area contributed by atoms with Gasteiger partial charge in [0.25, 0.3) is 0 Å². The molecule has 0 radical (unpaired) electrons. The van der Waals surface area contributed by atoms with Crippen molar-refractivity contribution in [1.29, 1.82) is 5.26 Å². The Balaban J connectivity index is 2.03. The molecule has 0 aliphatic heterocycles. The Morgan fingerprint density at radius 1 is 1.23 bits per heavy atom. The molecule has 0 aromatic carbocycles. The molecule has 12 heteroatoms. The first-order chi connectivity index (χ1) is 14.6. The SMILES string of the molecule is CCS(=O)(=O)c1c(-c2nc3cc(C(F)(F)F)cnc3n2C)nc2cc(CC#N)ccn12. The highest BCUT2D eigenvalue weighted by Gasteiger charge is 2.33. The summed E-state index contributed by atoms with van der Waals surface area (Å²) < 4.78 is 67.7. The van der Waals surface area contributed by atoms with Gasteiger partial charge in [0.05, 0.1) is 23.8 Å². The standard InChI is InChI=1S/C19H15F3N6O2S/c1-3-31(29,30)18-15(26-14-8-11(4-6-23)5-7-28(14)18)17-25-13-9-12(19(20,21)22)10-24-16(13)27(17)2/h5,7-10H,3-4H2,1-2H3. The topological polar surface area (TPSA) is 106 Å². The minimum atomic E-state index is -4.59. The molecule has 0 N–H and O–H groups in total. The van der Waals surface area contributed by atoms with E-state index in [0.29, 0.717) is 11.8 Å². The normalized spacial score (nSPS) is 12.5. The van der Waals surface area contributed by atoms with Gasteiger partial charge in [0.1, 0.15) is 16.9 Å². The number of pyridine rings is 2. The van der Waals surface area contributed by atoms with E-state index in [9.17, 15) is 21.6 Å². The third-order valence-corrected chi connectivity index (χ3v) is 6.59. The number of aryl methyl sites for hydroxylation is 1. The van der Waals surface area contributed by atoms with Gasteiger partial charge in [-0.2, -0.15) is 18.4 Å². The lowest BCUT2D eigenvalue weighted by Crippen LogP contribution is -2.09. The molecule has 0 saturated carbocycles. The maximum atomic E-state index is 13.1. The zero-order valence-electron chi connectivity index (χ0n) is 16.3. The van der Waals surface area contributed by atoms with Crippen LogP contribution >= 0.6 is 0 Å². The summed E-state index contributed by atoms with van der Waals surface area (Å²) in [5, 5.41) is 8.80. The summed E-state index contributed by atoms with van der Waals surface area (Å²) in [5.74, 6) is -0.145. The minimum Gasteiger partial charge on any atom is -0.310 e. The predicted molar refractivity (Wildman–Crippen MR) is 105 cm³/mol. The number of rotatable bonds is 4. The summed E-state index contributed by atoms with van der Waals surface area (Å²) in [7, 11) is -2.26. The van der Waals surface area contributed by atoms with Crippen molar-refractivity contribution in [2.45, 2.75) is 24.5 Å². The molecule has 0 amide bonds. The summed E-state index contributed by atoms with van der Waals surface area (Å²) >= 11 is 0. The second-order valence-electron chi connectivity index (χ2n) is 6.83. The van der Waals surface area contributed by atoms with Crippen LogP contribution in [0.2, 0.25) is 0 Å². The fraction of sp³-hybridized carbons (Fsp3) is 0.263. The van der Waals surface area contributed by atoms with Gasteiger partial charge in [-0.25, -0.2) is 23.4 Å². The Labute approximate surface area is 174 Å². The zero-order valence-corrected chi connectivity index (χ0v) is 17.2. The highest BCUT2D eigenvalue weighted by molar-refractivity contribution is 7.91. The lowest BCUT2D eigenvalue weighted by Gasteiger charge is -2.06. The van der Waals surface area contributed by atoms with Crippen molar-refractivity contribution in [2.24, 2.45) is 7.05 Å². The van der Waals surface area contributed by atoms with Crippen molar-refractivity contribution in [1.82, 2.24) is 23.9 Å². The Bertz CT molecular complexity index is 1480. The summed E-state index contributed by atoms with van der Waals surface area (Å²) in [6.07, 6.45) is -2.26. The number of imidazole rings is 2. The highest BCUT2D eigenvalue weighted by atomic mass is 32.2. The quantitative estimate of drug-likeness (QED) is 0.475. The van der Waals surface area contributed by atoms with Gasteiger partial charge in [0, 0.05) is 19.4 Å². The highest BCUT2D eigenvalue weighted by Crippen LogP contribution is 2.33. The predicted octanol–water partition coefficient (Wildman–Crippen LogP) is 3.16. The first-order valence-electron chi connectivity index (χ1n) is 9.07. The van der Waals surface area contributed by atoms with Crippen LogP contribution in [-0.4, -0.2) is 38.1 Å². The third kappa shape index (κ3) is 3.40. The number of alkyl halides is 3. The van der Waals surface area contributed by atoms with Crippen LogP contribution in [0, 0.1) is 11.3 Å². The van der Waals surface area contributed by atoms with Crippen molar-refractivity contribution in [3.63, 3.8) is 0 Å². The van der Waals surface area contributed by atoms with Crippen LogP contribution in [0.15, 0.2) is 35.6 Å². The smallest absolute Gasteiger partial charge is 0.310 e. The van der Waals surface area contributed by atoms with Gasteiger partial charge in [-0.05, 0) is 23.8 Å². The first kappa shape index (κ1) is 20.8. The summed E-state index contributed by atoms with van der Waals surface area (Å²) in [6, 6.07) is 6.08. The molecule has 4 heterocycles. The van der Waals surface area contributed by atoms with Gasteiger partial charge in [-0.15, -0.1) is 0 Å². The van der Waals surface area contributed by atoms with E-state index in [1.807, 2.05) is 6.07 Å². The number of nitrogens with zero attached hydrogens (tertiary/aromatic N) is 6. The van der Waals surface area contributed by atoms with Gasteiger partial charge < -0.3 is 4.57 Å². The fourth-order valence-corrected chi connectivity index (χ4v) is 4.45. The Morgan fingerprint density at radius 3 is 2.61 bits per heavy atom. The van der Waals surface area contributed by atoms with E-state index in [0.717, 1.165) is 6.07 Å². The number of hydrogen-bond acceptors (Lipinski definition) is 6. The van der Waals surface area contributed by atoms with Gasteiger partial charge in [0.2, 0.25) is 0 Å². The molecule has 160 valence electrons. The third-order valence-electron chi connectivity index (χ3n) is 4.85. The number of fused-ring (bicyclic) bond motifs is 2. The van der Waals surface area contributed by atoms with Crippen molar-refractivity contribution in [3.8, 4) is 17.6 Å². The van der Waals surface area contributed by atoms with Crippen LogP contribution in [-0.2, 0) is 29.5 Å². The van der Waals surface area contributed by atoms with E-state index in [4.69, 9.17) is 5.26 Å². The lowest BCUT2D eigenvalue weighted by molar-refractivity contribution is -0.137. The molecular formula is C19H15F3N6O2S. The molecule has 31 heavy (non-hydrogen) atoms. The van der Waals surface area contributed by atoms with E-state index in [-0.39, 0.29) is 45.5 Å². The zero-order chi connectivity index (χ0) is 22.6. The van der Waals surface area contributed by atoms with Crippen LogP contribution in [0.3, 0.4) is 0 Å². The van der Waals surface area contributed by atoms with Gasteiger partial charge in [0.15, 0.2) is 26.3 Å². The average Bonchev–Trinajstić information content (AvgIpc) is 3.25. The number of nitriles is 1. The number of sulfone groups is 1. The minimum absolute atomic E-state index is 0.00464. The molecule has 0 saturated heterocycles. The first-order valence-corrected chi connectivity index (χ1v) is 10.7. The van der Waals surface area contributed by atoms with Crippen LogP contribution in [0.1, 0.15) is 18.1 Å². The summed E-state index contributed by atoms with van der Waals surface area (Å²) in [5.41, 5.74) is 0.103. The number of halogens is 3. The molecule has 4 rings (SSSR count). The second kappa shape index (κ2) is 7.05. The molecule has 4 aromatic rings. The average molecular weight is 448 g/mol. The van der Waals surface area contributed by atoms with Crippen molar-refractivity contribution in [3.05, 3.63) is 41.7 Å². The largest absolute Gasteiger partial charge is 0.417 e. The monoisotopic (exact) mass is 448 g/mol. The number of aromatic nitrogens is 5. The van der Waals surface area contributed by atoms with Crippen molar-refractivity contribution < 1.29 is 21.6 Å². The molecule has 4 aromatic heterocycles. The van der Waals surface area contributed by atoms with Crippen molar-refractivity contribution in [2.75, 3.05) is 5.75 Å². The van der Waals surface area contributed by atoms with Crippen LogP contribution in [0.4, 0.5) is 13.2 Å². The van der Waals surface area contributed by atoms with E-state index in [2.05, 4.69) is 15.0 Å². The maximum Gasteiger partial charge on any atom is 0.417 e.